The molecule has 0 aromatic carbocycles. The third-order valence-electron chi connectivity index (χ3n) is 9.96. The Morgan fingerprint density at radius 3 is 2.75 bits per heavy atom. The highest BCUT2D eigenvalue weighted by atomic mass is 16.3. The van der Waals surface area contributed by atoms with E-state index in [1.54, 1.807) is 0 Å². The molecule has 0 radical (unpaired) electrons. The lowest BCUT2D eigenvalue weighted by molar-refractivity contribution is -0.207. The average molecular weight is 327 g/mol. The van der Waals surface area contributed by atoms with Gasteiger partial charge in [-0.25, -0.2) is 0 Å². The van der Waals surface area contributed by atoms with Crippen LogP contribution >= 0.6 is 0 Å². The normalized spacial score (nSPS) is 73.0. The van der Waals surface area contributed by atoms with Crippen LogP contribution in [0.25, 0.3) is 0 Å². The van der Waals surface area contributed by atoms with Crippen LogP contribution in [0, 0.1) is 39.9 Å². The number of piperidine rings is 2. The van der Waals surface area contributed by atoms with E-state index in [1.165, 1.54) is 0 Å². The van der Waals surface area contributed by atoms with E-state index in [9.17, 15) is 15.0 Å². The average Bonchev–Trinajstić information content (AvgIpc) is 2.88. The molecule has 6 saturated carbocycles. The van der Waals surface area contributed by atoms with Gasteiger partial charge in [0.2, 0.25) is 0 Å². The molecular formula is C20H25NO3. The molecule has 4 heteroatoms. The first kappa shape index (κ1) is 13.5. The summed E-state index contributed by atoms with van der Waals surface area (Å²) in [5.41, 5.74) is 1.10. The van der Waals surface area contributed by atoms with Gasteiger partial charge < -0.3 is 10.2 Å². The Hall–Kier alpha value is -0.710. The molecule has 3 aliphatic heterocycles. The number of carbonyl (C=O) groups is 1. The van der Waals surface area contributed by atoms with Crippen LogP contribution in [0.3, 0.4) is 0 Å². The first-order valence-electron chi connectivity index (χ1n) is 9.66. The number of hydrogen-bond acceptors (Lipinski definition) is 4. The van der Waals surface area contributed by atoms with Gasteiger partial charge in [-0.05, 0) is 35.5 Å². The van der Waals surface area contributed by atoms with Crippen LogP contribution in [-0.4, -0.2) is 51.7 Å². The van der Waals surface area contributed by atoms with Crippen molar-refractivity contribution in [1.29, 1.82) is 0 Å². The van der Waals surface area contributed by atoms with E-state index in [4.69, 9.17) is 0 Å². The van der Waals surface area contributed by atoms with Gasteiger partial charge in [-0.1, -0.05) is 19.1 Å². The second-order valence-corrected chi connectivity index (χ2v) is 10.6. The quantitative estimate of drug-likeness (QED) is 0.651. The number of Topliss-reactive ketones (excluding diaryl/α,β-unsaturated/α-hetero) is 1. The third-order valence-corrected chi connectivity index (χ3v) is 9.96. The molecule has 2 N–H and O–H groups in total. The molecule has 9 rings (SSSR count). The van der Waals surface area contributed by atoms with Crippen molar-refractivity contribution in [3.05, 3.63) is 12.2 Å². The summed E-state index contributed by atoms with van der Waals surface area (Å²) < 4.78 is 0. The summed E-state index contributed by atoms with van der Waals surface area (Å²) in [6.07, 6.45) is 2.48. The van der Waals surface area contributed by atoms with E-state index in [-0.39, 0.29) is 34.0 Å². The van der Waals surface area contributed by atoms with Gasteiger partial charge in [0.05, 0.1) is 12.2 Å². The Kier molecular flexibility index (Phi) is 1.86. The monoisotopic (exact) mass is 327 g/mol. The summed E-state index contributed by atoms with van der Waals surface area (Å²) in [5, 5.41) is 22.5. The van der Waals surface area contributed by atoms with Gasteiger partial charge in [-0.15, -0.1) is 0 Å². The zero-order valence-corrected chi connectivity index (χ0v) is 14.1. The molecule has 0 amide bonds. The fourth-order valence-corrected chi connectivity index (χ4v) is 10.4. The Morgan fingerprint density at radius 1 is 1.17 bits per heavy atom. The number of nitrogens with zero attached hydrogens (tertiary/aromatic N) is 1. The Labute approximate surface area is 141 Å². The summed E-state index contributed by atoms with van der Waals surface area (Å²) >= 11 is 0. The maximum atomic E-state index is 12.8. The van der Waals surface area contributed by atoms with Crippen molar-refractivity contribution >= 4 is 5.78 Å². The fraction of sp³-hybridized carbons (Fsp3) is 0.850. The molecule has 3 saturated heterocycles. The van der Waals surface area contributed by atoms with Crippen LogP contribution in [0.4, 0.5) is 0 Å². The second kappa shape index (κ2) is 3.30. The van der Waals surface area contributed by atoms with Crippen molar-refractivity contribution < 1.29 is 15.0 Å². The van der Waals surface area contributed by atoms with Crippen LogP contribution in [-0.2, 0) is 4.79 Å². The van der Waals surface area contributed by atoms with E-state index >= 15 is 0 Å². The molecule has 24 heavy (non-hydrogen) atoms. The molecule has 9 bridgehead atoms. The van der Waals surface area contributed by atoms with Crippen LogP contribution in [0.1, 0.15) is 32.6 Å². The van der Waals surface area contributed by atoms with Gasteiger partial charge in [0.15, 0.2) is 0 Å². The molecule has 9 aliphatic rings. The largest absolute Gasteiger partial charge is 0.392 e. The molecule has 9 fully saturated rings. The van der Waals surface area contributed by atoms with Gasteiger partial charge in [0.25, 0.3) is 0 Å². The molecule has 12 atom stereocenters. The minimum atomic E-state index is -0.501. The van der Waals surface area contributed by atoms with Gasteiger partial charge in [0.1, 0.15) is 5.78 Å². The van der Waals surface area contributed by atoms with E-state index in [0.717, 1.165) is 31.4 Å². The van der Waals surface area contributed by atoms with Gasteiger partial charge >= 0.3 is 0 Å². The predicted octanol–water partition coefficient (Wildman–Crippen LogP) is 0.972. The number of aliphatic hydroxyl groups is 2. The van der Waals surface area contributed by atoms with Crippen LogP contribution < -0.4 is 0 Å². The molecular weight excluding hydrogens is 302 g/mol. The lowest BCUT2D eigenvalue weighted by atomic mass is 9.40. The summed E-state index contributed by atoms with van der Waals surface area (Å²) in [6.45, 7) is 7.58. The highest BCUT2D eigenvalue weighted by Gasteiger charge is 2.90. The summed E-state index contributed by atoms with van der Waals surface area (Å²) in [4.78, 5) is 15.5. The molecule has 6 aliphatic carbocycles. The Balaban J connectivity index is 1.55. The molecule has 128 valence electrons. The van der Waals surface area contributed by atoms with Crippen LogP contribution in [0.15, 0.2) is 12.2 Å². The van der Waals surface area contributed by atoms with Crippen molar-refractivity contribution in [2.24, 2.45) is 39.9 Å². The van der Waals surface area contributed by atoms with Crippen molar-refractivity contribution in [3.8, 4) is 0 Å². The van der Waals surface area contributed by atoms with Crippen LogP contribution in [0.2, 0.25) is 0 Å². The summed E-state index contributed by atoms with van der Waals surface area (Å²) in [7, 11) is 0. The molecule has 0 aromatic rings. The Morgan fingerprint density at radius 2 is 1.96 bits per heavy atom. The van der Waals surface area contributed by atoms with Crippen molar-refractivity contribution in [2.45, 2.75) is 56.9 Å². The number of carbonyl (C=O) groups excluding carboxylic acids is 1. The lowest BCUT2D eigenvalue weighted by Crippen LogP contribution is -2.67. The smallest absolute Gasteiger partial charge is 0.134 e. The van der Waals surface area contributed by atoms with Crippen molar-refractivity contribution in [2.75, 3.05) is 6.54 Å². The third kappa shape index (κ3) is 0.945. The van der Waals surface area contributed by atoms with E-state index < -0.39 is 12.2 Å². The molecule has 4 nitrogen and oxygen atoms in total. The zero-order valence-electron chi connectivity index (χ0n) is 14.1. The number of hydrogen-bond donors (Lipinski definition) is 2. The zero-order chi connectivity index (χ0) is 16.4. The topological polar surface area (TPSA) is 60.8 Å². The first-order valence-corrected chi connectivity index (χ1v) is 9.66. The Bertz CT molecular complexity index is 749. The summed E-state index contributed by atoms with van der Waals surface area (Å²) in [5.74, 6) is 1.23. The van der Waals surface area contributed by atoms with Crippen molar-refractivity contribution in [3.63, 3.8) is 0 Å². The van der Waals surface area contributed by atoms with E-state index in [0.29, 0.717) is 30.2 Å². The lowest BCUT2D eigenvalue weighted by Gasteiger charge is -2.65. The standard InChI is InChI=1S/C20H25NO3/c1-8-3-19-6-10-15-18(2)4-9(22)5-20(15)16(19)14(24)11(8)13(23)12(19)17(20)21(10)7-18/h10-17,23-24H,1,3-7H2,2H3/t10-,11-,12?,13?,14?,15?,16?,17?,18-,19+,20-/m0/s1. The SMILES string of the molecule is C=C1C[C@@]23C[C@H]4C5[C@@]6(C)CC(=O)C[C@]57C(C2C(O)[C@H]1C(O)C37)N4C6. The van der Waals surface area contributed by atoms with E-state index in [1.807, 2.05) is 0 Å². The number of aliphatic hydroxyl groups excluding tert-OH is 2. The predicted molar refractivity (Wildman–Crippen MR) is 85.8 cm³/mol. The maximum Gasteiger partial charge on any atom is 0.134 e. The number of rotatable bonds is 0. The number of ketones is 1. The van der Waals surface area contributed by atoms with Gasteiger partial charge in [-0.3, -0.25) is 9.69 Å². The van der Waals surface area contributed by atoms with Gasteiger partial charge in [-0.2, -0.15) is 0 Å². The minimum Gasteiger partial charge on any atom is -0.392 e. The van der Waals surface area contributed by atoms with Crippen LogP contribution in [0.5, 0.6) is 0 Å². The minimum absolute atomic E-state index is 0.00979. The summed E-state index contributed by atoms with van der Waals surface area (Å²) in [6, 6.07) is 0.897. The molecule has 7 unspecified atom stereocenters. The number of fused-ring (bicyclic) bond motifs is 1. The van der Waals surface area contributed by atoms with E-state index in [2.05, 4.69) is 18.4 Å². The molecule has 3 heterocycles. The highest BCUT2D eigenvalue weighted by Crippen LogP contribution is 2.86. The first-order chi connectivity index (χ1) is 11.4. The molecule has 2 spiro atoms. The maximum absolute atomic E-state index is 12.8. The highest BCUT2D eigenvalue weighted by molar-refractivity contribution is 5.82. The second-order valence-electron chi connectivity index (χ2n) is 10.6. The van der Waals surface area contributed by atoms with Crippen molar-refractivity contribution in [1.82, 2.24) is 4.90 Å². The van der Waals surface area contributed by atoms with Gasteiger partial charge in [0, 0.05) is 48.7 Å². The fourth-order valence-electron chi connectivity index (χ4n) is 10.4. The molecule has 0 aromatic heterocycles.